The van der Waals surface area contributed by atoms with Crippen LogP contribution in [0.15, 0.2) is 36.4 Å². The zero-order valence-corrected chi connectivity index (χ0v) is 9.17. The standard InChI is InChI=1S/C12H11NOS/c1-8-7-10(13)12(15-8)11(14)9-5-3-2-4-6-9/h2-7H,13H2,1H3. The number of benzene rings is 1. The van der Waals surface area contributed by atoms with Gasteiger partial charge in [-0.2, -0.15) is 0 Å². The smallest absolute Gasteiger partial charge is 0.205 e. The van der Waals surface area contributed by atoms with Crippen molar-refractivity contribution < 1.29 is 4.79 Å². The molecule has 2 N–H and O–H groups in total. The summed E-state index contributed by atoms with van der Waals surface area (Å²) >= 11 is 1.44. The average molecular weight is 217 g/mol. The number of aryl methyl sites for hydroxylation is 1. The second-order valence-electron chi connectivity index (χ2n) is 3.34. The minimum atomic E-state index is 0.00574. The van der Waals surface area contributed by atoms with Crippen molar-refractivity contribution in [2.75, 3.05) is 5.73 Å². The van der Waals surface area contributed by atoms with Gasteiger partial charge in [-0.3, -0.25) is 4.79 Å². The second-order valence-corrected chi connectivity index (χ2v) is 4.59. The molecule has 1 aromatic heterocycles. The minimum Gasteiger partial charge on any atom is -0.397 e. The first-order valence-corrected chi connectivity index (χ1v) is 5.46. The number of ketones is 1. The van der Waals surface area contributed by atoms with Crippen LogP contribution in [0.3, 0.4) is 0 Å². The van der Waals surface area contributed by atoms with Crippen molar-refractivity contribution in [2.45, 2.75) is 6.92 Å². The highest BCUT2D eigenvalue weighted by molar-refractivity contribution is 7.14. The van der Waals surface area contributed by atoms with Crippen LogP contribution in [0, 0.1) is 6.92 Å². The van der Waals surface area contributed by atoms with Gasteiger partial charge >= 0.3 is 0 Å². The Kier molecular flexibility index (Phi) is 2.56. The maximum Gasteiger partial charge on any atom is 0.205 e. The molecule has 0 aliphatic heterocycles. The van der Waals surface area contributed by atoms with E-state index >= 15 is 0 Å². The Morgan fingerprint density at radius 1 is 1.27 bits per heavy atom. The first-order valence-electron chi connectivity index (χ1n) is 4.64. The van der Waals surface area contributed by atoms with Crippen molar-refractivity contribution in [3.8, 4) is 0 Å². The molecule has 76 valence electrons. The number of anilines is 1. The molecule has 2 aromatic rings. The van der Waals surface area contributed by atoms with Gasteiger partial charge < -0.3 is 5.73 Å². The predicted octanol–water partition coefficient (Wildman–Crippen LogP) is 2.87. The predicted molar refractivity (Wildman–Crippen MR) is 63.3 cm³/mol. The number of hydrogen-bond acceptors (Lipinski definition) is 3. The lowest BCUT2D eigenvalue weighted by atomic mass is 10.1. The van der Waals surface area contributed by atoms with Crippen molar-refractivity contribution in [3.05, 3.63) is 51.7 Å². The number of nitrogen functional groups attached to an aromatic ring is 1. The molecular weight excluding hydrogens is 206 g/mol. The quantitative estimate of drug-likeness (QED) is 0.786. The van der Waals surface area contributed by atoms with Crippen LogP contribution in [0.4, 0.5) is 5.69 Å². The van der Waals surface area contributed by atoms with E-state index in [0.717, 1.165) is 4.88 Å². The molecule has 1 aromatic carbocycles. The fraction of sp³-hybridized carbons (Fsp3) is 0.0833. The summed E-state index contributed by atoms with van der Waals surface area (Å²) in [5.74, 6) is 0.00574. The van der Waals surface area contributed by atoms with E-state index in [-0.39, 0.29) is 5.78 Å². The Balaban J connectivity index is 2.41. The van der Waals surface area contributed by atoms with Crippen LogP contribution in [-0.2, 0) is 0 Å². The van der Waals surface area contributed by atoms with Gasteiger partial charge in [0.15, 0.2) is 0 Å². The monoisotopic (exact) mass is 217 g/mol. The summed E-state index contributed by atoms with van der Waals surface area (Å²) in [6, 6.07) is 11.0. The molecule has 0 saturated heterocycles. The third-order valence-electron chi connectivity index (χ3n) is 2.13. The molecule has 0 bridgehead atoms. The maximum atomic E-state index is 12.0. The van der Waals surface area contributed by atoms with Crippen LogP contribution >= 0.6 is 11.3 Å². The number of rotatable bonds is 2. The highest BCUT2D eigenvalue weighted by Crippen LogP contribution is 2.26. The van der Waals surface area contributed by atoms with Gasteiger partial charge in [0.05, 0.1) is 10.6 Å². The summed E-state index contributed by atoms with van der Waals surface area (Å²) in [5.41, 5.74) is 7.03. The van der Waals surface area contributed by atoms with Crippen molar-refractivity contribution in [1.29, 1.82) is 0 Å². The topological polar surface area (TPSA) is 43.1 Å². The lowest BCUT2D eigenvalue weighted by Gasteiger charge is -1.98. The van der Waals surface area contributed by atoms with Crippen molar-refractivity contribution in [3.63, 3.8) is 0 Å². The normalized spacial score (nSPS) is 10.2. The van der Waals surface area contributed by atoms with Crippen molar-refractivity contribution >= 4 is 22.8 Å². The molecule has 2 nitrogen and oxygen atoms in total. The highest BCUT2D eigenvalue weighted by Gasteiger charge is 2.14. The van der Waals surface area contributed by atoms with Crippen LogP contribution < -0.4 is 5.73 Å². The minimum absolute atomic E-state index is 0.00574. The van der Waals surface area contributed by atoms with Gasteiger partial charge in [-0.25, -0.2) is 0 Å². The van der Waals surface area contributed by atoms with Crippen LogP contribution in [0.2, 0.25) is 0 Å². The summed E-state index contributed by atoms with van der Waals surface area (Å²) in [4.78, 5) is 13.7. The Hall–Kier alpha value is -1.61. The second kappa shape index (κ2) is 3.87. The first-order chi connectivity index (χ1) is 7.18. The molecular formula is C12H11NOS. The van der Waals surface area contributed by atoms with Crippen molar-refractivity contribution in [1.82, 2.24) is 0 Å². The largest absolute Gasteiger partial charge is 0.397 e. The van der Waals surface area contributed by atoms with E-state index in [0.29, 0.717) is 16.1 Å². The zero-order chi connectivity index (χ0) is 10.8. The number of thiophene rings is 1. The third kappa shape index (κ3) is 1.92. The molecule has 0 saturated carbocycles. The summed E-state index contributed by atoms with van der Waals surface area (Å²) in [6.45, 7) is 1.95. The van der Waals surface area contributed by atoms with E-state index in [9.17, 15) is 4.79 Å². The van der Waals surface area contributed by atoms with E-state index in [2.05, 4.69) is 0 Å². The number of nitrogens with two attached hydrogens (primary N) is 1. The molecule has 15 heavy (non-hydrogen) atoms. The molecule has 0 aliphatic carbocycles. The molecule has 0 unspecified atom stereocenters. The number of carbonyl (C=O) groups is 1. The van der Waals surface area contributed by atoms with E-state index in [1.807, 2.05) is 31.2 Å². The summed E-state index contributed by atoms with van der Waals surface area (Å²) in [6.07, 6.45) is 0. The van der Waals surface area contributed by atoms with Gasteiger partial charge in [0, 0.05) is 10.4 Å². The molecule has 0 atom stereocenters. The zero-order valence-electron chi connectivity index (χ0n) is 8.36. The average Bonchev–Trinajstić information content (AvgIpc) is 2.58. The van der Waals surface area contributed by atoms with Gasteiger partial charge in [-0.05, 0) is 13.0 Å². The molecule has 0 radical (unpaired) electrons. The first kappa shape index (κ1) is 9.93. The van der Waals surface area contributed by atoms with E-state index in [1.54, 1.807) is 12.1 Å². The van der Waals surface area contributed by atoms with Gasteiger partial charge in [0.1, 0.15) is 0 Å². The summed E-state index contributed by atoms with van der Waals surface area (Å²) in [5, 5.41) is 0. The Morgan fingerprint density at radius 2 is 1.93 bits per heavy atom. The van der Waals surface area contributed by atoms with Crippen LogP contribution in [0.25, 0.3) is 0 Å². The highest BCUT2D eigenvalue weighted by atomic mass is 32.1. The number of carbonyl (C=O) groups excluding carboxylic acids is 1. The van der Waals surface area contributed by atoms with Gasteiger partial charge in [0.25, 0.3) is 0 Å². The van der Waals surface area contributed by atoms with E-state index in [4.69, 9.17) is 5.73 Å². The lowest BCUT2D eigenvalue weighted by molar-refractivity contribution is 0.104. The lowest BCUT2D eigenvalue weighted by Crippen LogP contribution is -2.01. The third-order valence-corrected chi connectivity index (χ3v) is 3.19. The van der Waals surface area contributed by atoms with Gasteiger partial charge in [0.2, 0.25) is 5.78 Å². The summed E-state index contributed by atoms with van der Waals surface area (Å²) in [7, 11) is 0. The fourth-order valence-corrected chi connectivity index (χ4v) is 2.33. The van der Waals surface area contributed by atoms with Crippen LogP contribution in [0.5, 0.6) is 0 Å². The SMILES string of the molecule is Cc1cc(N)c(C(=O)c2ccccc2)s1. The van der Waals surface area contributed by atoms with Gasteiger partial charge in [-0.1, -0.05) is 30.3 Å². The molecule has 2 rings (SSSR count). The van der Waals surface area contributed by atoms with E-state index in [1.165, 1.54) is 11.3 Å². The van der Waals surface area contributed by atoms with Crippen LogP contribution in [-0.4, -0.2) is 5.78 Å². The van der Waals surface area contributed by atoms with Crippen molar-refractivity contribution in [2.24, 2.45) is 0 Å². The molecule has 0 fully saturated rings. The molecule has 3 heteroatoms. The summed E-state index contributed by atoms with van der Waals surface area (Å²) < 4.78 is 0. The Bertz CT molecular complexity index is 488. The Morgan fingerprint density at radius 3 is 2.47 bits per heavy atom. The molecule has 0 aliphatic rings. The molecule has 0 amide bonds. The molecule has 1 heterocycles. The molecule has 0 spiro atoms. The maximum absolute atomic E-state index is 12.0. The van der Waals surface area contributed by atoms with Gasteiger partial charge in [-0.15, -0.1) is 11.3 Å². The Labute approximate surface area is 92.4 Å². The number of hydrogen-bond donors (Lipinski definition) is 1. The fourth-order valence-electron chi connectivity index (χ4n) is 1.43. The van der Waals surface area contributed by atoms with Crippen LogP contribution in [0.1, 0.15) is 20.1 Å². The van der Waals surface area contributed by atoms with E-state index < -0.39 is 0 Å².